The molecule has 1 heterocycles. The third kappa shape index (κ3) is 3.18. The van der Waals surface area contributed by atoms with E-state index in [9.17, 15) is 0 Å². The fraction of sp³-hybridized carbons (Fsp3) is 0.333. The zero-order valence-electron chi connectivity index (χ0n) is 4.68. The topological polar surface area (TPSA) is 0 Å². The van der Waals surface area contributed by atoms with Crippen molar-refractivity contribution in [2.75, 3.05) is 0 Å². The summed E-state index contributed by atoms with van der Waals surface area (Å²) >= 11 is 6.72. The molecule has 0 amide bonds. The molecule has 1 aromatic heterocycles. The molecule has 0 nitrogen and oxygen atoms in total. The normalized spacial score (nSPS) is 10.6. The molecule has 0 aromatic carbocycles. The second kappa shape index (κ2) is 4.12. The van der Waals surface area contributed by atoms with Crippen molar-refractivity contribution in [3.63, 3.8) is 0 Å². The standard InChI is InChI=1S/C6H6I2S/c7-6(8)4-5-2-1-3-9-5/h1-3,6H,4H2. The highest BCUT2D eigenvalue weighted by atomic mass is 127. The van der Waals surface area contributed by atoms with Gasteiger partial charge in [-0.05, 0) is 11.4 Å². The molecular formula is C6H6I2S. The van der Waals surface area contributed by atoms with Gasteiger partial charge in [-0.15, -0.1) is 11.3 Å². The Bertz CT molecular complexity index is 158. The minimum Gasteiger partial charge on any atom is -0.149 e. The Morgan fingerprint density at radius 2 is 2.33 bits per heavy atom. The van der Waals surface area contributed by atoms with Crippen LogP contribution in [-0.4, -0.2) is 1.93 Å². The molecule has 0 radical (unpaired) electrons. The molecule has 0 bridgehead atoms. The second-order valence-corrected chi connectivity index (χ2v) is 8.10. The lowest BCUT2D eigenvalue weighted by Crippen LogP contribution is -1.87. The predicted octanol–water partition coefficient (Wildman–Crippen LogP) is 3.49. The summed E-state index contributed by atoms with van der Waals surface area (Å²) in [6, 6.07) is 4.30. The van der Waals surface area contributed by atoms with Gasteiger partial charge in [0.2, 0.25) is 0 Å². The minimum absolute atomic E-state index is 0.735. The van der Waals surface area contributed by atoms with Gasteiger partial charge in [-0.1, -0.05) is 51.2 Å². The summed E-state index contributed by atoms with van der Waals surface area (Å²) < 4.78 is 0.735. The maximum Gasteiger partial charge on any atom is 0.0674 e. The third-order valence-electron chi connectivity index (χ3n) is 0.936. The van der Waals surface area contributed by atoms with E-state index in [-0.39, 0.29) is 0 Å². The van der Waals surface area contributed by atoms with E-state index in [1.165, 1.54) is 11.3 Å². The molecule has 0 atom stereocenters. The molecule has 0 spiro atoms. The van der Waals surface area contributed by atoms with Crippen LogP contribution in [0.3, 0.4) is 0 Å². The lowest BCUT2D eigenvalue weighted by molar-refractivity contribution is 1.21. The smallest absolute Gasteiger partial charge is 0.0674 e. The molecule has 0 unspecified atom stereocenters. The Morgan fingerprint density at radius 1 is 1.56 bits per heavy atom. The summed E-state index contributed by atoms with van der Waals surface area (Å²) in [5.41, 5.74) is 0. The first-order chi connectivity index (χ1) is 4.29. The SMILES string of the molecule is IC(I)Cc1cccs1. The van der Waals surface area contributed by atoms with Gasteiger partial charge in [0, 0.05) is 11.3 Å². The average Bonchev–Trinajstić information content (AvgIpc) is 2.15. The van der Waals surface area contributed by atoms with Crippen LogP contribution < -0.4 is 0 Å². The summed E-state index contributed by atoms with van der Waals surface area (Å²) in [7, 11) is 0. The van der Waals surface area contributed by atoms with Crippen LogP contribution in [0.15, 0.2) is 17.5 Å². The molecule has 1 aromatic rings. The summed E-state index contributed by atoms with van der Waals surface area (Å²) in [5.74, 6) is 0. The van der Waals surface area contributed by atoms with Crippen LogP contribution in [0, 0.1) is 0 Å². The highest BCUT2D eigenvalue weighted by molar-refractivity contribution is 14.2. The Morgan fingerprint density at radius 3 is 2.78 bits per heavy atom. The van der Waals surface area contributed by atoms with E-state index in [0.717, 1.165) is 1.93 Å². The van der Waals surface area contributed by atoms with Crippen molar-refractivity contribution in [1.29, 1.82) is 0 Å². The van der Waals surface area contributed by atoms with E-state index in [4.69, 9.17) is 0 Å². The average molecular weight is 364 g/mol. The molecular weight excluding hydrogens is 358 g/mol. The van der Waals surface area contributed by atoms with Crippen LogP contribution in [0.1, 0.15) is 4.88 Å². The quantitative estimate of drug-likeness (QED) is 0.557. The first-order valence-electron chi connectivity index (χ1n) is 2.59. The summed E-state index contributed by atoms with van der Waals surface area (Å²) in [5, 5.41) is 2.13. The number of hydrogen-bond donors (Lipinski definition) is 0. The first-order valence-corrected chi connectivity index (χ1v) is 5.96. The molecule has 50 valence electrons. The highest BCUT2D eigenvalue weighted by Crippen LogP contribution is 2.19. The molecule has 9 heavy (non-hydrogen) atoms. The molecule has 0 saturated heterocycles. The maximum absolute atomic E-state index is 2.44. The van der Waals surface area contributed by atoms with Gasteiger partial charge < -0.3 is 0 Å². The molecule has 0 aliphatic carbocycles. The molecule has 3 heteroatoms. The zero-order valence-corrected chi connectivity index (χ0v) is 9.81. The van der Waals surface area contributed by atoms with Crippen LogP contribution in [0.2, 0.25) is 0 Å². The van der Waals surface area contributed by atoms with Crippen molar-refractivity contribution in [2.45, 2.75) is 8.35 Å². The minimum atomic E-state index is 0.735. The van der Waals surface area contributed by atoms with Crippen LogP contribution in [0.25, 0.3) is 0 Å². The lowest BCUT2D eigenvalue weighted by atomic mass is 10.4. The highest BCUT2D eigenvalue weighted by Gasteiger charge is 1.99. The second-order valence-electron chi connectivity index (χ2n) is 1.67. The van der Waals surface area contributed by atoms with Crippen LogP contribution >= 0.6 is 56.5 Å². The van der Waals surface area contributed by atoms with Crippen LogP contribution in [0.5, 0.6) is 0 Å². The van der Waals surface area contributed by atoms with E-state index >= 15 is 0 Å². The summed E-state index contributed by atoms with van der Waals surface area (Å²) in [6.45, 7) is 0. The largest absolute Gasteiger partial charge is 0.149 e. The third-order valence-corrected chi connectivity index (χ3v) is 2.72. The van der Waals surface area contributed by atoms with Gasteiger partial charge in [-0.3, -0.25) is 0 Å². The van der Waals surface area contributed by atoms with Crippen LogP contribution in [0.4, 0.5) is 0 Å². The monoisotopic (exact) mass is 364 g/mol. The Labute approximate surface area is 86.3 Å². The molecule has 0 saturated carbocycles. The van der Waals surface area contributed by atoms with E-state index < -0.39 is 0 Å². The van der Waals surface area contributed by atoms with E-state index in [1.807, 2.05) is 11.3 Å². The fourth-order valence-corrected chi connectivity index (χ4v) is 2.88. The number of rotatable bonds is 2. The Kier molecular flexibility index (Phi) is 3.78. The van der Waals surface area contributed by atoms with Crippen molar-refractivity contribution in [3.05, 3.63) is 22.4 Å². The van der Waals surface area contributed by atoms with Gasteiger partial charge in [-0.2, -0.15) is 0 Å². The van der Waals surface area contributed by atoms with Gasteiger partial charge in [0.05, 0.1) is 1.93 Å². The van der Waals surface area contributed by atoms with E-state index in [2.05, 4.69) is 62.7 Å². The van der Waals surface area contributed by atoms with Gasteiger partial charge >= 0.3 is 0 Å². The summed E-state index contributed by atoms with van der Waals surface area (Å²) in [4.78, 5) is 1.49. The van der Waals surface area contributed by atoms with Crippen molar-refractivity contribution in [2.24, 2.45) is 0 Å². The number of hydrogen-bond acceptors (Lipinski definition) is 1. The molecule has 0 aliphatic heterocycles. The number of thiophene rings is 1. The fourth-order valence-electron chi connectivity index (χ4n) is 0.581. The molecule has 0 fully saturated rings. The lowest BCUT2D eigenvalue weighted by Gasteiger charge is -1.94. The summed E-state index contributed by atoms with van der Waals surface area (Å²) in [6.07, 6.45) is 1.21. The van der Waals surface area contributed by atoms with Crippen molar-refractivity contribution >= 4 is 56.5 Å². The Balaban J connectivity index is 2.48. The number of alkyl halides is 2. The van der Waals surface area contributed by atoms with Crippen molar-refractivity contribution in [3.8, 4) is 0 Å². The molecule has 1 rings (SSSR count). The predicted molar refractivity (Wildman–Crippen MR) is 59.9 cm³/mol. The maximum atomic E-state index is 2.44. The van der Waals surface area contributed by atoms with E-state index in [0.29, 0.717) is 0 Å². The number of halogens is 2. The van der Waals surface area contributed by atoms with E-state index in [1.54, 1.807) is 0 Å². The van der Waals surface area contributed by atoms with Gasteiger partial charge in [0.25, 0.3) is 0 Å². The Hall–Kier alpha value is 1.16. The van der Waals surface area contributed by atoms with Gasteiger partial charge in [0.15, 0.2) is 0 Å². The zero-order chi connectivity index (χ0) is 6.69. The van der Waals surface area contributed by atoms with Crippen molar-refractivity contribution in [1.82, 2.24) is 0 Å². The van der Waals surface area contributed by atoms with Crippen molar-refractivity contribution < 1.29 is 0 Å². The molecule has 0 aliphatic rings. The van der Waals surface area contributed by atoms with Crippen LogP contribution in [-0.2, 0) is 6.42 Å². The van der Waals surface area contributed by atoms with Gasteiger partial charge in [0.1, 0.15) is 0 Å². The van der Waals surface area contributed by atoms with Gasteiger partial charge in [-0.25, -0.2) is 0 Å². The first kappa shape index (κ1) is 8.26. The molecule has 0 N–H and O–H groups in total.